The molecule has 19 heavy (non-hydrogen) atoms. The van der Waals surface area contributed by atoms with Crippen LogP contribution in [0.25, 0.3) is 10.8 Å². The maximum absolute atomic E-state index is 12.6. The molecular formula is C16H10BrNO. The fraction of sp³-hybridized carbons (Fsp3) is 0. The van der Waals surface area contributed by atoms with Crippen LogP contribution in [0.15, 0.2) is 65.4 Å². The molecule has 0 fully saturated rings. The van der Waals surface area contributed by atoms with E-state index in [1.165, 1.54) is 0 Å². The molecule has 3 heteroatoms. The summed E-state index contributed by atoms with van der Waals surface area (Å²) in [6.45, 7) is 0. The van der Waals surface area contributed by atoms with E-state index in [0.29, 0.717) is 11.1 Å². The average Bonchev–Trinajstić information content (AvgIpc) is 2.46. The first-order chi connectivity index (χ1) is 9.25. The highest BCUT2D eigenvalue weighted by molar-refractivity contribution is 9.10. The number of hydrogen-bond donors (Lipinski definition) is 0. The van der Waals surface area contributed by atoms with Gasteiger partial charge in [-0.2, -0.15) is 0 Å². The zero-order valence-corrected chi connectivity index (χ0v) is 11.6. The molecule has 0 aliphatic rings. The lowest BCUT2D eigenvalue weighted by Gasteiger charge is -2.05. The van der Waals surface area contributed by atoms with Crippen molar-refractivity contribution in [1.29, 1.82) is 0 Å². The van der Waals surface area contributed by atoms with Crippen molar-refractivity contribution in [2.45, 2.75) is 0 Å². The molecule has 0 unspecified atom stereocenters. The summed E-state index contributed by atoms with van der Waals surface area (Å²) in [7, 11) is 0. The molecule has 3 aromatic rings. The van der Waals surface area contributed by atoms with Gasteiger partial charge in [0.2, 0.25) is 0 Å². The van der Waals surface area contributed by atoms with Crippen molar-refractivity contribution in [1.82, 2.24) is 4.98 Å². The molecule has 0 saturated carbocycles. The van der Waals surface area contributed by atoms with Gasteiger partial charge in [0, 0.05) is 28.0 Å². The number of halogens is 1. The van der Waals surface area contributed by atoms with E-state index < -0.39 is 0 Å². The Balaban J connectivity index is 2.17. The highest BCUT2D eigenvalue weighted by atomic mass is 79.9. The summed E-state index contributed by atoms with van der Waals surface area (Å²) in [4.78, 5) is 16.6. The van der Waals surface area contributed by atoms with Crippen molar-refractivity contribution in [3.8, 4) is 0 Å². The fourth-order valence-corrected chi connectivity index (χ4v) is 2.48. The predicted octanol–water partition coefficient (Wildman–Crippen LogP) is 4.23. The second-order valence-corrected chi connectivity index (χ2v) is 5.16. The van der Waals surface area contributed by atoms with Crippen LogP contribution in [0.1, 0.15) is 15.9 Å². The summed E-state index contributed by atoms with van der Waals surface area (Å²) in [6, 6.07) is 15.4. The topological polar surface area (TPSA) is 30.0 Å². The van der Waals surface area contributed by atoms with Crippen LogP contribution in [0.4, 0.5) is 0 Å². The Labute approximate surface area is 119 Å². The zero-order chi connectivity index (χ0) is 13.2. The second-order valence-electron chi connectivity index (χ2n) is 4.25. The van der Waals surface area contributed by atoms with Gasteiger partial charge in [-0.05, 0) is 32.8 Å². The van der Waals surface area contributed by atoms with Gasteiger partial charge in [0.1, 0.15) is 0 Å². The Bertz CT molecular complexity index is 762. The number of pyridine rings is 1. The first-order valence-corrected chi connectivity index (χ1v) is 6.68. The average molecular weight is 312 g/mol. The first-order valence-electron chi connectivity index (χ1n) is 5.89. The minimum Gasteiger partial charge on any atom is -0.289 e. The van der Waals surface area contributed by atoms with Gasteiger partial charge < -0.3 is 0 Å². The van der Waals surface area contributed by atoms with Gasteiger partial charge in [0.15, 0.2) is 5.78 Å². The number of fused-ring (bicyclic) bond motifs is 1. The van der Waals surface area contributed by atoms with Crippen molar-refractivity contribution in [3.05, 3.63) is 76.5 Å². The Hall–Kier alpha value is -2.00. The fourth-order valence-electron chi connectivity index (χ4n) is 2.11. The van der Waals surface area contributed by atoms with E-state index in [4.69, 9.17) is 0 Å². The van der Waals surface area contributed by atoms with Crippen LogP contribution in [0.5, 0.6) is 0 Å². The number of rotatable bonds is 2. The molecule has 1 aromatic heterocycles. The molecule has 0 N–H and O–H groups in total. The summed E-state index contributed by atoms with van der Waals surface area (Å²) < 4.78 is 0.804. The molecule has 92 valence electrons. The molecule has 1 heterocycles. The molecule has 2 aromatic carbocycles. The van der Waals surface area contributed by atoms with Gasteiger partial charge in [-0.15, -0.1) is 0 Å². The normalized spacial score (nSPS) is 10.6. The van der Waals surface area contributed by atoms with Crippen molar-refractivity contribution in [3.63, 3.8) is 0 Å². The standard InChI is InChI=1S/C16H10BrNO/c17-13-8-12(9-18-10-13)16(19)15-7-3-5-11-4-1-2-6-14(11)15/h1-10H. The van der Waals surface area contributed by atoms with Gasteiger partial charge in [-0.1, -0.05) is 42.5 Å². The second kappa shape index (κ2) is 4.94. The maximum atomic E-state index is 12.6. The van der Waals surface area contributed by atoms with E-state index in [1.54, 1.807) is 18.5 Å². The number of aromatic nitrogens is 1. The van der Waals surface area contributed by atoms with E-state index in [1.807, 2.05) is 42.5 Å². The number of hydrogen-bond acceptors (Lipinski definition) is 2. The lowest BCUT2D eigenvalue weighted by molar-refractivity contribution is 0.104. The number of benzene rings is 2. The smallest absolute Gasteiger partial charge is 0.195 e. The minimum atomic E-state index is -0.00870. The molecule has 0 spiro atoms. The Morgan fingerprint density at radius 2 is 1.79 bits per heavy atom. The number of carbonyl (C=O) groups excluding carboxylic acids is 1. The predicted molar refractivity (Wildman–Crippen MR) is 79.3 cm³/mol. The Morgan fingerprint density at radius 1 is 1.00 bits per heavy atom. The molecule has 0 amide bonds. The van der Waals surface area contributed by atoms with Crippen LogP contribution >= 0.6 is 15.9 Å². The van der Waals surface area contributed by atoms with Crippen LogP contribution in [-0.2, 0) is 0 Å². The van der Waals surface area contributed by atoms with E-state index >= 15 is 0 Å². The molecule has 0 aliphatic carbocycles. The molecule has 0 atom stereocenters. The Morgan fingerprint density at radius 3 is 2.63 bits per heavy atom. The summed E-state index contributed by atoms with van der Waals surface area (Å²) in [5, 5.41) is 2.03. The minimum absolute atomic E-state index is 0.00870. The van der Waals surface area contributed by atoms with Crippen molar-refractivity contribution < 1.29 is 4.79 Å². The summed E-state index contributed by atoms with van der Waals surface area (Å²) >= 11 is 3.34. The van der Waals surface area contributed by atoms with Gasteiger partial charge in [0.25, 0.3) is 0 Å². The molecule has 0 aliphatic heterocycles. The van der Waals surface area contributed by atoms with Gasteiger partial charge in [0.05, 0.1) is 0 Å². The number of carbonyl (C=O) groups is 1. The molecule has 0 bridgehead atoms. The molecule has 0 saturated heterocycles. The van der Waals surface area contributed by atoms with E-state index in [0.717, 1.165) is 15.2 Å². The van der Waals surface area contributed by atoms with E-state index in [-0.39, 0.29) is 5.78 Å². The third-order valence-corrected chi connectivity index (χ3v) is 3.43. The van der Waals surface area contributed by atoms with Crippen molar-refractivity contribution in [2.24, 2.45) is 0 Å². The van der Waals surface area contributed by atoms with Crippen molar-refractivity contribution >= 4 is 32.5 Å². The SMILES string of the molecule is O=C(c1cncc(Br)c1)c1cccc2ccccc12. The first kappa shape index (κ1) is 12.1. The van der Waals surface area contributed by atoms with Crippen LogP contribution in [0.2, 0.25) is 0 Å². The van der Waals surface area contributed by atoms with Crippen molar-refractivity contribution in [2.75, 3.05) is 0 Å². The largest absolute Gasteiger partial charge is 0.289 e. The lowest BCUT2D eigenvalue weighted by atomic mass is 9.98. The lowest BCUT2D eigenvalue weighted by Crippen LogP contribution is -2.02. The van der Waals surface area contributed by atoms with Crippen LogP contribution in [-0.4, -0.2) is 10.8 Å². The monoisotopic (exact) mass is 311 g/mol. The van der Waals surface area contributed by atoms with Crippen LogP contribution in [0.3, 0.4) is 0 Å². The quantitative estimate of drug-likeness (QED) is 0.663. The maximum Gasteiger partial charge on any atom is 0.195 e. The zero-order valence-electron chi connectivity index (χ0n) is 10.0. The van der Waals surface area contributed by atoms with Crippen LogP contribution in [0, 0.1) is 0 Å². The van der Waals surface area contributed by atoms with Gasteiger partial charge >= 0.3 is 0 Å². The van der Waals surface area contributed by atoms with Gasteiger partial charge in [-0.3, -0.25) is 9.78 Å². The third kappa shape index (κ3) is 2.29. The summed E-state index contributed by atoms with van der Waals surface area (Å²) in [5.41, 5.74) is 1.30. The number of nitrogens with zero attached hydrogens (tertiary/aromatic N) is 1. The highest BCUT2D eigenvalue weighted by Crippen LogP contribution is 2.22. The van der Waals surface area contributed by atoms with E-state index in [9.17, 15) is 4.79 Å². The highest BCUT2D eigenvalue weighted by Gasteiger charge is 2.12. The molecule has 2 nitrogen and oxygen atoms in total. The van der Waals surface area contributed by atoms with Crippen LogP contribution < -0.4 is 0 Å². The molecular weight excluding hydrogens is 302 g/mol. The number of ketones is 1. The van der Waals surface area contributed by atoms with E-state index in [2.05, 4.69) is 20.9 Å². The molecule has 0 radical (unpaired) electrons. The third-order valence-electron chi connectivity index (χ3n) is 3.00. The Kier molecular flexibility index (Phi) is 3.13. The molecule has 3 rings (SSSR count). The summed E-state index contributed by atoms with van der Waals surface area (Å²) in [5.74, 6) is -0.00870. The summed E-state index contributed by atoms with van der Waals surface area (Å²) in [6.07, 6.45) is 3.26. The van der Waals surface area contributed by atoms with Gasteiger partial charge in [-0.25, -0.2) is 0 Å².